The Bertz CT molecular complexity index is 305. The first kappa shape index (κ1) is 10.2. The van der Waals surface area contributed by atoms with Crippen molar-refractivity contribution < 1.29 is 0 Å². The van der Waals surface area contributed by atoms with Gasteiger partial charge in [-0.3, -0.25) is 0 Å². The van der Waals surface area contributed by atoms with E-state index in [4.69, 9.17) is 11.6 Å². The minimum atomic E-state index is 0.615. The van der Waals surface area contributed by atoms with E-state index in [1.165, 1.54) is 24.2 Å². The third-order valence-corrected chi connectivity index (χ3v) is 3.97. The van der Waals surface area contributed by atoms with Gasteiger partial charge < -0.3 is 5.32 Å². The van der Waals surface area contributed by atoms with Crippen molar-refractivity contribution >= 4 is 28.1 Å². The third-order valence-electron chi connectivity index (χ3n) is 2.92. The Labute approximate surface area is 93.7 Å². The van der Waals surface area contributed by atoms with Gasteiger partial charge in [-0.15, -0.1) is 0 Å². The third kappa shape index (κ3) is 2.20. The first-order chi connectivity index (χ1) is 6.65. The molecule has 0 aliphatic heterocycles. The lowest BCUT2D eigenvalue weighted by molar-refractivity contribution is 0.212. The van der Waals surface area contributed by atoms with Crippen LogP contribution < -0.4 is 5.32 Å². The minimum absolute atomic E-state index is 0.615. The second kappa shape index (κ2) is 4.07. The van der Waals surface area contributed by atoms with Crippen LogP contribution in [0.2, 0.25) is 4.34 Å². The Hall–Kier alpha value is -0.280. The van der Waals surface area contributed by atoms with Gasteiger partial charge in [0.05, 0.1) is 6.20 Å². The molecule has 0 aromatic carbocycles. The van der Waals surface area contributed by atoms with Gasteiger partial charge in [-0.05, 0) is 24.7 Å². The van der Waals surface area contributed by atoms with Gasteiger partial charge in [0.1, 0.15) is 4.34 Å². The Morgan fingerprint density at radius 1 is 1.57 bits per heavy atom. The van der Waals surface area contributed by atoms with Crippen LogP contribution >= 0.6 is 22.9 Å². The van der Waals surface area contributed by atoms with Crippen molar-refractivity contribution in [1.82, 2.24) is 4.98 Å². The lowest BCUT2D eigenvalue weighted by Crippen LogP contribution is -2.37. The van der Waals surface area contributed by atoms with Crippen molar-refractivity contribution in [3.05, 3.63) is 10.5 Å². The van der Waals surface area contributed by atoms with Gasteiger partial charge >= 0.3 is 0 Å². The molecule has 0 unspecified atom stereocenters. The summed E-state index contributed by atoms with van der Waals surface area (Å²) in [6.07, 6.45) is 4.25. The van der Waals surface area contributed by atoms with E-state index in [0.29, 0.717) is 6.04 Å². The number of anilines is 1. The average Bonchev–Trinajstić information content (AvgIpc) is 2.42. The molecule has 1 aliphatic carbocycles. The summed E-state index contributed by atoms with van der Waals surface area (Å²) in [6, 6.07) is 0.615. The monoisotopic (exact) mass is 230 g/mol. The quantitative estimate of drug-likeness (QED) is 0.858. The maximum atomic E-state index is 5.80. The predicted molar refractivity (Wildman–Crippen MR) is 62.1 cm³/mol. The topological polar surface area (TPSA) is 24.9 Å². The number of aromatic nitrogens is 1. The van der Waals surface area contributed by atoms with Crippen LogP contribution in [0.25, 0.3) is 0 Å². The van der Waals surface area contributed by atoms with Gasteiger partial charge in [0.2, 0.25) is 0 Å². The van der Waals surface area contributed by atoms with E-state index in [0.717, 1.165) is 21.3 Å². The number of halogens is 1. The maximum absolute atomic E-state index is 5.80. The normalized spacial score (nSPS) is 26.3. The molecule has 14 heavy (non-hydrogen) atoms. The van der Waals surface area contributed by atoms with Gasteiger partial charge in [-0.25, -0.2) is 4.98 Å². The number of thiazole rings is 1. The van der Waals surface area contributed by atoms with Crippen LogP contribution in [0.15, 0.2) is 6.20 Å². The van der Waals surface area contributed by atoms with E-state index >= 15 is 0 Å². The molecular weight excluding hydrogens is 216 g/mol. The van der Waals surface area contributed by atoms with Gasteiger partial charge in [-0.2, -0.15) is 0 Å². The van der Waals surface area contributed by atoms with E-state index in [1.807, 2.05) is 0 Å². The molecular formula is C10H15ClN2S. The fraction of sp³-hybridized carbons (Fsp3) is 0.700. The summed E-state index contributed by atoms with van der Waals surface area (Å²) in [4.78, 5) is 4.18. The van der Waals surface area contributed by atoms with Gasteiger partial charge in [0, 0.05) is 6.04 Å². The zero-order valence-corrected chi connectivity index (χ0v) is 10.0. The van der Waals surface area contributed by atoms with Crippen LogP contribution in [-0.4, -0.2) is 11.0 Å². The Morgan fingerprint density at radius 2 is 2.29 bits per heavy atom. The van der Waals surface area contributed by atoms with Crippen LogP contribution in [0.4, 0.5) is 5.13 Å². The van der Waals surface area contributed by atoms with E-state index in [1.54, 1.807) is 6.20 Å². The molecule has 1 aliphatic rings. The molecule has 1 aromatic rings. The highest BCUT2D eigenvalue weighted by Crippen LogP contribution is 2.36. The minimum Gasteiger partial charge on any atom is -0.359 e. The molecule has 0 radical (unpaired) electrons. The fourth-order valence-electron chi connectivity index (χ4n) is 1.82. The highest BCUT2D eigenvalue weighted by atomic mass is 35.5. The molecule has 4 heteroatoms. The molecule has 0 amide bonds. The smallest absolute Gasteiger partial charge is 0.184 e. The second-order valence-electron chi connectivity index (χ2n) is 4.29. The highest BCUT2D eigenvalue weighted by molar-refractivity contribution is 7.19. The van der Waals surface area contributed by atoms with Crippen LogP contribution in [0, 0.1) is 11.8 Å². The van der Waals surface area contributed by atoms with E-state index in [9.17, 15) is 0 Å². The maximum Gasteiger partial charge on any atom is 0.184 e. The zero-order valence-electron chi connectivity index (χ0n) is 8.46. The molecule has 2 nitrogen and oxygen atoms in total. The lowest BCUT2D eigenvalue weighted by atomic mass is 9.74. The van der Waals surface area contributed by atoms with Crippen molar-refractivity contribution in [1.29, 1.82) is 0 Å². The molecule has 0 atom stereocenters. The van der Waals surface area contributed by atoms with E-state index < -0.39 is 0 Å². The summed E-state index contributed by atoms with van der Waals surface area (Å²) in [5, 5.41) is 4.37. The van der Waals surface area contributed by atoms with Gasteiger partial charge in [0.15, 0.2) is 5.13 Å². The molecule has 0 bridgehead atoms. The van der Waals surface area contributed by atoms with Crippen molar-refractivity contribution in [2.45, 2.75) is 32.7 Å². The molecule has 1 aromatic heterocycles. The fourth-order valence-corrected chi connectivity index (χ4v) is 2.71. The lowest BCUT2D eigenvalue weighted by Gasteiger charge is -2.38. The summed E-state index contributed by atoms with van der Waals surface area (Å²) in [5.41, 5.74) is 0. The van der Waals surface area contributed by atoms with Crippen LogP contribution in [0.5, 0.6) is 0 Å². The molecule has 1 fully saturated rings. The zero-order chi connectivity index (χ0) is 10.1. The Kier molecular flexibility index (Phi) is 2.98. The van der Waals surface area contributed by atoms with Crippen LogP contribution in [0.1, 0.15) is 26.7 Å². The van der Waals surface area contributed by atoms with Crippen molar-refractivity contribution in [2.75, 3.05) is 5.32 Å². The van der Waals surface area contributed by atoms with Gasteiger partial charge in [-0.1, -0.05) is 36.8 Å². The molecule has 0 saturated heterocycles. The standard InChI is InChI=1S/C10H15ClN2S/c1-6(2)7-3-8(4-7)13-10-12-5-9(11)14-10/h5-8H,3-4H2,1-2H3,(H,12,13). The van der Waals surface area contributed by atoms with Crippen molar-refractivity contribution in [3.63, 3.8) is 0 Å². The molecule has 1 N–H and O–H groups in total. The molecule has 1 heterocycles. The number of rotatable bonds is 3. The first-order valence-electron chi connectivity index (χ1n) is 5.03. The summed E-state index contributed by atoms with van der Waals surface area (Å²) in [5.74, 6) is 1.70. The molecule has 1 saturated carbocycles. The summed E-state index contributed by atoms with van der Waals surface area (Å²) >= 11 is 7.32. The van der Waals surface area contributed by atoms with Crippen molar-refractivity contribution in [2.24, 2.45) is 11.8 Å². The Balaban J connectivity index is 1.79. The SMILES string of the molecule is CC(C)C1CC(Nc2ncc(Cl)s2)C1. The van der Waals surface area contributed by atoms with Crippen LogP contribution in [0.3, 0.4) is 0 Å². The number of nitrogens with one attached hydrogen (secondary N) is 1. The molecule has 0 spiro atoms. The summed E-state index contributed by atoms with van der Waals surface area (Å²) in [6.45, 7) is 4.59. The molecule has 2 rings (SSSR count). The van der Waals surface area contributed by atoms with E-state index in [2.05, 4.69) is 24.1 Å². The van der Waals surface area contributed by atoms with E-state index in [-0.39, 0.29) is 0 Å². The Morgan fingerprint density at radius 3 is 2.79 bits per heavy atom. The first-order valence-corrected chi connectivity index (χ1v) is 6.22. The predicted octanol–water partition coefficient (Wildman–Crippen LogP) is 3.64. The van der Waals surface area contributed by atoms with Crippen LogP contribution in [-0.2, 0) is 0 Å². The second-order valence-corrected chi connectivity index (χ2v) is 5.95. The molecule has 78 valence electrons. The largest absolute Gasteiger partial charge is 0.359 e. The average molecular weight is 231 g/mol. The summed E-state index contributed by atoms with van der Waals surface area (Å²) < 4.78 is 0.757. The number of nitrogens with zero attached hydrogens (tertiary/aromatic N) is 1. The summed E-state index contributed by atoms with van der Waals surface area (Å²) in [7, 11) is 0. The number of hydrogen-bond donors (Lipinski definition) is 1. The number of hydrogen-bond acceptors (Lipinski definition) is 3. The van der Waals surface area contributed by atoms with Gasteiger partial charge in [0.25, 0.3) is 0 Å². The van der Waals surface area contributed by atoms with Crippen molar-refractivity contribution in [3.8, 4) is 0 Å². The highest BCUT2D eigenvalue weighted by Gasteiger charge is 2.31.